The molecule has 0 N–H and O–H groups in total. The van der Waals surface area contributed by atoms with Crippen LogP contribution in [0, 0.1) is 0 Å². The molecule has 2 aromatic rings. The van der Waals surface area contributed by atoms with E-state index in [0.717, 1.165) is 12.8 Å². The minimum absolute atomic E-state index is 1.07. The molecule has 0 saturated carbocycles. The van der Waals surface area contributed by atoms with Gasteiger partial charge in [0.15, 0.2) is 0 Å². The van der Waals surface area contributed by atoms with E-state index in [1.54, 1.807) is 0 Å². The van der Waals surface area contributed by atoms with Crippen molar-refractivity contribution in [3.63, 3.8) is 0 Å². The summed E-state index contributed by atoms with van der Waals surface area (Å²) >= 11 is 3.71. The van der Waals surface area contributed by atoms with Crippen LogP contribution in [-0.2, 0) is 12.8 Å². The smallest absolute Gasteiger partial charge is 0.0714 e. The SMILES string of the molecule is c1cc2c(s1)CCC/C2=N/N=C1/CCCc2sccc21. The normalized spacial score (nSPS) is 22.0. The maximum absolute atomic E-state index is 4.61. The van der Waals surface area contributed by atoms with E-state index >= 15 is 0 Å². The van der Waals surface area contributed by atoms with Crippen LogP contribution in [0.25, 0.3) is 0 Å². The van der Waals surface area contributed by atoms with Gasteiger partial charge in [0.2, 0.25) is 0 Å². The highest BCUT2D eigenvalue weighted by atomic mass is 32.1. The predicted molar refractivity (Wildman–Crippen MR) is 87.6 cm³/mol. The van der Waals surface area contributed by atoms with Gasteiger partial charge in [0, 0.05) is 20.9 Å². The molecule has 20 heavy (non-hydrogen) atoms. The molecule has 4 heteroatoms. The summed E-state index contributed by atoms with van der Waals surface area (Å²) in [5, 5.41) is 13.6. The lowest BCUT2D eigenvalue weighted by atomic mass is 9.97. The third-order valence-corrected chi connectivity index (χ3v) is 6.00. The van der Waals surface area contributed by atoms with E-state index < -0.39 is 0 Å². The Labute approximate surface area is 126 Å². The first-order valence-electron chi connectivity index (χ1n) is 7.19. The van der Waals surface area contributed by atoms with Crippen LogP contribution in [0.5, 0.6) is 0 Å². The molecule has 2 heterocycles. The molecule has 2 aromatic heterocycles. The number of fused-ring (bicyclic) bond motifs is 2. The Morgan fingerprint density at radius 3 is 1.70 bits per heavy atom. The summed E-state index contributed by atoms with van der Waals surface area (Å²) in [6, 6.07) is 4.41. The minimum Gasteiger partial charge on any atom is -0.155 e. The molecule has 0 bridgehead atoms. The van der Waals surface area contributed by atoms with Gasteiger partial charge in [-0.15, -0.1) is 22.7 Å². The highest BCUT2D eigenvalue weighted by Crippen LogP contribution is 2.28. The lowest BCUT2D eigenvalue weighted by Crippen LogP contribution is -2.11. The number of hydrogen-bond acceptors (Lipinski definition) is 4. The van der Waals surface area contributed by atoms with Crippen molar-refractivity contribution in [1.29, 1.82) is 0 Å². The lowest BCUT2D eigenvalue weighted by molar-refractivity contribution is 0.840. The molecule has 2 aliphatic carbocycles. The Morgan fingerprint density at radius 2 is 1.20 bits per heavy atom. The molecule has 0 amide bonds. The van der Waals surface area contributed by atoms with Crippen LogP contribution >= 0.6 is 22.7 Å². The summed E-state index contributed by atoms with van der Waals surface area (Å²) in [6.07, 6.45) is 6.96. The van der Waals surface area contributed by atoms with E-state index in [1.165, 1.54) is 58.0 Å². The topological polar surface area (TPSA) is 24.7 Å². The van der Waals surface area contributed by atoms with Crippen LogP contribution in [0.15, 0.2) is 33.1 Å². The summed E-state index contributed by atoms with van der Waals surface area (Å²) in [4.78, 5) is 2.96. The third-order valence-electron chi connectivity index (χ3n) is 4.04. The van der Waals surface area contributed by atoms with Gasteiger partial charge in [0.05, 0.1) is 11.4 Å². The summed E-state index contributed by atoms with van der Waals surface area (Å²) in [7, 11) is 0. The van der Waals surface area contributed by atoms with Gasteiger partial charge in [-0.1, -0.05) is 0 Å². The second-order valence-electron chi connectivity index (χ2n) is 5.32. The Balaban J connectivity index is 1.69. The van der Waals surface area contributed by atoms with Gasteiger partial charge in [-0.05, 0) is 61.4 Å². The van der Waals surface area contributed by atoms with Crippen molar-refractivity contribution >= 4 is 34.1 Å². The van der Waals surface area contributed by atoms with E-state index in [0.29, 0.717) is 0 Å². The lowest BCUT2D eigenvalue weighted by Gasteiger charge is -2.14. The molecule has 0 aliphatic heterocycles. The molecule has 4 rings (SSSR count). The molecule has 0 saturated heterocycles. The van der Waals surface area contributed by atoms with Crippen molar-refractivity contribution in [2.75, 3.05) is 0 Å². The van der Waals surface area contributed by atoms with Crippen LogP contribution in [0.4, 0.5) is 0 Å². The van der Waals surface area contributed by atoms with Gasteiger partial charge in [-0.2, -0.15) is 10.2 Å². The average molecular weight is 300 g/mol. The number of hydrogen-bond donors (Lipinski definition) is 0. The monoisotopic (exact) mass is 300 g/mol. The Morgan fingerprint density at radius 1 is 0.700 bits per heavy atom. The highest BCUT2D eigenvalue weighted by Gasteiger charge is 2.18. The van der Waals surface area contributed by atoms with Gasteiger partial charge in [-0.3, -0.25) is 0 Å². The van der Waals surface area contributed by atoms with Crippen molar-refractivity contribution in [3.05, 3.63) is 43.8 Å². The average Bonchev–Trinajstić information content (AvgIpc) is 3.13. The number of rotatable bonds is 1. The highest BCUT2D eigenvalue weighted by molar-refractivity contribution is 7.10. The first kappa shape index (κ1) is 12.5. The van der Waals surface area contributed by atoms with E-state index in [2.05, 4.69) is 33.1 Å². The zero-order chi connectivity index (χ0) is 13.4. The van der Waals surface area contributed by atoms with E-state index in [4.69, 9.17) is 0 Å². The summed E-state index contributed by atoms with van der Waals surface area (Å²) in [5.41, 5.74) is 5.05. The van der Waals surface area contributed by atoms with Crippen LogP contribution < -0.4 is 0 Å². The maximum atomic E-state index is 4.61. The fourth-order valence-electron chi connectivity index (χ4n) is 3.01. The molecule has 0 spiro atoms. The molecular formula is C16H16N2S2. The Hall–Kier alpha value is -1.26. The van der Waals surface area contributed by atoms with E-state index in [-0.39, 0.29) is 0 Å². The number of thiophene rings is 2. The van der Waals surface area contributed by atoms with Gasteiger partial charge in [-0.25, -0.2) is 0 Å². The summed E-state index contributed by atoms with van der Waals surface area (Å²) in [5.74, 6) is 0. The first-order valence-corrected chi connectivity index (χ1v) is 8.94. The molecule has 0 aromatic carbocycles. The first-order chi connectivity index (χ1) is 9.92. The molecule has 0 fully saturated rings. The van der Waals surface area contributed by atoms with Crippen molar-refractivity contribution in [1.82, 2.24) is 0 Å². The van der Waals surface area contributed by atoms with Crippen LogP contribution in [0.2, 0.25) is 0 Å². The molecule has 0 atom stereocenters. The zero-order valence-corrected chi connectivity index (χ0v) is 12.9. The van der Waals surface area contributed by atoms with Crippen LogP contribution in [0.1, 0.15) is 46.6 Å². The minimum atomic E-state index is 1.07. The van der Waals surface area contributed by atoms with Crippen molar-refractivity contribution < 1.29 is 0 Å². The zero-order valence-electron chi connectivity index (χ0n) is 11.3. The van der Waals surface area contributed by atoms with Crippen LogP contribution in [-0.4, -0.2) is 11.4 Å². The fraction of sp³-hybridized carbons (Fsp3) is 0.375. The van der Waals surface area contributed by atoms with E-state index in [9.17, 15) is 0 Å². The van der Waals surface area contributed by atoms with Gasteiger partial charge in [0.25, 0.3) is 0 Å². The van der Waals surface area contributed by atoms with Crippen molar-refractivity contribution in [3.8, 4) is 0 Å². The van der Waals surface area contributed by atoms with E-state index in [1.807, 2.05) is 22.7 Å². The maximum Gasteiger partial charge on any atom is 0.0714 e. The Kier molecular flexibility index (Phi) is 3.28. The van der Waals surface area contributed by atoms with Gasteiger partial charge >= 0.3 is 0 Å². The summed E-state index contributed by atoms with van der Waals surface area (Å²) < 4.78 is 0. The summed E-state index contributed by atoms with van der Waals surface area (Å²) in [6.45, 7) is 0. The number of aryl methyl sites for hydroxylation is 2. The standard InChI is InChI=1S/C16H16N2S2/c1-3-13(11-7-9-19-15(11)5-1)17-18-14-4-2-6-16-12(14)8-10-20-16/h7-10H,1-6H2/b17-13-,18-14-. The molecule has 2 aliphatic rings. The van der Waals surface area contributed by atoms with Crippen LogP contribution in [0.3, 0.4) is 0 Å². The molecule has 2 nitrogen and oxygen atoms in total. The largest absolute Gasteiger partial charge is 0.155 e. The molecule has 0 radical (unpaired) electrons. The van der Waals surface area contributed by atoms with Crippen molar-refractivity contribution in [2.45, 2.75) is 38.5 Å². The Bertz CT molecular complexity index is 631. The second kappa shape index (κ2) is 5.26. The van der Waals surface area contributed by atoms with Gasteiger partial charge in [0.1, 0.15) is 0 Å². The van der Waals surface area contributed by atoms with Gasteiger partial charge < -0.3 is 0 Å². The third kappa shape index (κ3) is 2.17. The second-order valence-corrected chi connectivity index (χ2v) is 7.32. The predicted octanol–water partition coefficient (Wildman–Crippen LogP) is 4.68. The molecule has 102 valence electrons. The quantitative estimate of drug-likeness (QED) is 0.683. The van der Waals surface area contributed by atoms with Crippen molar-refractivity contribution in [2.24, 2.45) is 10.2 Å². The molecule has 0 unspecified atom stereocenters. The fourth-order valence-corrected chi connectivity index (χ4v) is 4.90. The number of nitrogens with zero attached hydrogens (tertiary/aromatic N) is 2. The molecular weight excluding hydrogens is 284 g/mol.